The maximum atomic E-state index is 12.0. The molecule has 8 nitrogen and oxygen atoms in total. The maximum absolute atomic E-state index is 12.0. The molecule has 1 saturated heterocycles. The summed E-state index contributed by atoms with van der Waals surface area (Å²) in [5.41, 5.74) is 2.59. The number of hydrazone groups is 1. The Kier molecular flexibility index (Phi) is 5.45. The number of nitrogens with zero attached hydrogens (tertiary/aromatic N) is 1. The standard InChI is InChI=1S/C12H19N3O5/c16-4-6-20-10-3-5-19-7-9(10)13-12(18)8-1-2-11(17)15-14-8/h9-10,16H,1-7H2,(H,13,18)(H,15,17)/t9-,10+/m0/s1. The van der Waals surface area contributed by atoms with Crippen LogP contribution in [-0.2, 0) is 19.1 Å². The summed E-state index contributed by atoms with van der Waals surface area (Å²) >= 11 is 0. The molecule has 3 N–H and O–H groups in total. The van der Waals surface area contributed by atoms with Gasteiger partial charge in [0.15, 0.2) is 0 Å². The number of aliphatic hydroxyl groups excluding tert-OH is 1. The fourth-order valence-corrected chi connectivity index (χ4v) is 2.15. The largest absolute Gasteiger partial charge is 0.394 e. The van der Waals surface area contributed by atoms with Crippen LogP contribution in [0.15, 0.2) is 5.10 Å². The summed E-state index contributed by atoms with van der Waals surface area (Å²) in [7, 11) is 0. The number of carbonyl (C=O) groups is 2. The number of ether oxygens (including phenoxy) is 2. The molecule has 2 aliphatic rings. The topological polar surface area (TPSA) is 109 Å². The minimum Gasteiger partial charge on any atom is -0.394 e. The van der Waals surface area contributed by atoms with Crippen molar-refractivity contribution in [3.8, 4) is 0 Å². The first-order chi connectivity index (χ1) is 9.70. The molecule has 2 rings (SSSR count). The molecular formula is C12H19N3O5. The minimum atomic E-state index is -0.321. The Hall–Kier alpha value is -1.51. The first kappa shape index (κ1) is 14.9. The van der Waals surface area contributed by atoms with Crippen LogP contribution in [0, 0.1) is 0 Å². The Balaban J connectivity index is 1.89. The van der Waals surface area contributed by atoms with Gasteiger partial charge in [0.05, 0.1) is 32.0 Å². The van der Waals surface area contributed by atoms with Gasteiger partial charge in [-0.3, -0.25) is 9.59 Å². The Labute approximate surface area is 116 Å². The van der Waals surface area contributed by atoms with E-state index < -0.39 is 0 Å². The van der Waals surface area contributed by atoms with Crippen molar-refractivity contribution in [2.75, 3.05) is 26.4 Å². The van der Waals surface area contributed by atoms with Crippen LogP contribution in [0.1, 0.15) is 19.3 Å². The SMILES string of the molecule is O=C1CCC(C(=O)N[C@H]2COCC[C@H]2OCCO)=NN1. The average molecular weight is 285 g/mol. The van der Waals surface area contributed by atoms with E-state index in [1.165, 1.54) is 0 Å². The summed E-state index contributed by atoms with van der Waals surface area (Å²) in [4.78, 5) is 23.0. The fraction of sp³-hybridized carbons (Fsp3) is 0.750. The van der Waals surface area contributed by atoms with Crippen molar-refractivity contribution in [1.29, 1.82) is 0 Å². The lowest BCUT2D eigenvalue weighted by Gasteiger charge is -2.32. The quantitative estimate of drug-likeness (QED) is 0.571. The third-order valence-corrected chi connectivity index (χ3v) is 3.20. The summed E-state index contributed by atoms with van der Waals surface area (Å²) < 4.78 is 10.8. The van der Waals surface area contributed by atoms with Crippen LogP contribution in [0.4, 0.5) is 0 Å². The van der Waals surface area contributed by atoms with Crippen molar-refractivity contribution < 1.29 is 24.2 Å². The molecule has 0 spiro atoms. The number of hydrogen-bond donors (Lipinski definition) is 3. The van der Waals surface area contributed by atoms with Crippen LogP contribution in [0.25, 0.3) is 0 Å². The highest BCUT2D eigenvalue weighted by Gasteiger charge is 2.29. The van der Waals surface area contributed by atoms with E-state index in [4.69, 9.17) is 14.6 Å². The van der Waals surface area contributed by atoms with E-state index >= 15 is 0 Å². The van der Waals surface area contributed by atoms with Crippen molar-refractivity contribution in [1.82, 2.24) is 10.7 Å². The van der Waals surface area contributed by atoms with Gasteiger partial charge >= 0.3 is 0 Å². The van der Waals surface area contributed by atoms with E-state index in [1.54, 1.807) is 0 Å². The van der Waals surface area contributed by atoms with Gasteiger partial charge < -0.3 is 19.9 Å². The molecule has 0 bridgehead atoms. The Bertz CT molecular complexity index is 399. The number of aliphatic hydroxyl groups is 1. The van der Waals surface area contributed by atoms with Gasteiger partial charge in [-0.2, -0.15) is 5.10 Å². The summed E-state index contributed by atoms with van der Waals surface area (Å²) in [6.07, 6.45) is 1.07. The lowest BCUT2D eigenvalue weighted by atomic mass is 10.1. The lowest BCUT2D eigenvalue weighted by molar-refractivity contribution is -0.122. The van der Waals surface area contributed by atoms with E-state index in [1.807, 2.05) is 0 Å². The molecule has 20 heavy (non-hydrogen) atoms. The van der Waals surface area contributed by atoms with Gasteiger partial charge in [-0.15, -0.1) is 0 Å². The molecule has 0 aliphatic carbocycles. The average Bonchev–Trinajstić information content (AvgIpc) is 2.47. The lowest BCUT2D eigenvalue weighted by Crippen LogP contribution is -2.53. The van der Waals surface area contributed by atoms with Crippen LogP contribution < -0.4 is 10.7 Å². The van der Waals surface area contributed by atoms with Gasteiger partial charge in [-0.05, 0) is 6.42 Å². The van der Waals surface area contributed by atoms with Gasteiger partial charge in [0.25, 0.3) is 5.91 Å². The third kappa shape index (κ3) is 3.99. The second kappa shape index (κ2) is 7.32. The second-order valence-corrected chi connectivity index (χ2v) is 4.67. The van der Waals surface area contributed by atoms with E-state index in [-0.39, 0.29) is 43.6 Å². The predicted octanol–water partition coefficient (Wildman–Crippen LogP) is -1.46. The maximum Gasteiger partial charge on any atom is 0.267 e. The number of hydrogen-bond acceptors (Lipinski definition) is 6. The van der Waals surface area contributed by atoms with Crippen LogP contribution in [0.3, 0.4) is 0 Å². The summed E-state index contributed by atoms with van der Waals surface area (Å²) in [6.45, 7) is 1.10. The summed E-state index contributed by atoms with van der Waals surface area (Å²) in [5.74, 6) is -0.509. The first-order valence-electron chi connectivity index (χ1n) is 6.67. The molecule has 1 fully saturated rings. The molecule has 0 radical (unpaired) electrons. The highest BCUT2D eigenvalue weighted by molar-refractivity contribution is 6.39. The van der Waals surface area contributed by atoms with Gasteiger partial charge in [0.1, 0.15) is 5.71 Å². The van der Waals surface area contributed by atoms with Gasteiger partial charge in [0.2, 0.25) is 5.91 Å². The van der Waals surface area contributed by atoms with Crippen molar-refractivity contribution in [3.63, 3.8) is 0 Å². The minimum absolute atomic E-state index is 0.0588. The Morgan fingerprint density at radius 3 is 3.10 bits per heavy atom. The monoisotopic (exact) mass is 285 g/mol. The molecule has 0 aromatic heterocycles. The number of nitrogens with one attached hydrogen (secondary N) is 2. The van der Waals surface area contributed by atoms with Gasteiger partial charge in [-0.1, -0.05) is 0 Å². The second-order valence-electron chi connectivity index (χ2n) is 4.67. The van der Waals surface area contributed by atoms with Crippen LogP contribution >= 0.6 is 0 Å². The zero-order valence-electron chi connectivity index (χ0n) is 11.1. The molecule has 8 heteroatoms. The van der Waals surface area contributed by atoms with Crippen molar-refractivity contribution >= 4 is 17.5 Å². The Morgan fingerprint density at radius 1 is 1.55 bits per heavy atom. The Morgan fingerprint density at radius 2 is 2.40 bits per heavy atom. The normalized spacial score (nSPS) is 26.6. The predicted molar refractivity (Wildman–Crippen MR) is 69.0 cm³/mol. The number of rotatable bonds is 5. The zero-order chi connectivity index (χ0) is 14.4. The van der Waals surface area contributed by atoms with Crippen molar-refractivity contribution in [3.05, 3.63) is 0 Å². The van der Waals surface area contributed by atoms with Crippen LogP contribution in [-0.4, -0.2) is 61.2 Å². The molecule has 2 heterocycles. The summed E-state index contributed by atoms with van der Waals surface area (Å²) in [5, 5.41) is 15.3. The fourth-order valence-electron chi connectivity index (χ4n) is 2.15. The smallest absolute Gasteiger partial charge is 0.267 e. The van der Waals surface area contributed by atoms with E-state index in [2.05, 4.69) is 15.8 Å². The molecule has 0 saturated carbocycles. The molecule has 2 aliphatic heterocycles. The highest BCUT2D eigenvalue weighted by atomic mass is 16.5. The zero-order valence-corrected chi connectivity index (χ0v) is 11.1. The van der Waals surface area contributed by atoms with Crippen molar-refractivity contribution in [2.45, 2.75) is 31.4 Å². The molecule has 0 unspecified atom stereocenters. The molecule has 0 aromatic carbocycles. The molecule has 2 amide bonds. The number of amides is 2. The highest BCUT2D eigenvalue weighted by Crippen LogP contribution is 2.12. The summed E-state index contributed by atoms with van der Waals surface area (Å²) in [6, 6.07) is -0.275. The van der Waals surface area contributed by atoms with Gasteiger partial charge in [-0.25, -0.2) is 5.43 Å². The number of carbonyl (C=O) groups excluding carboxylic acids is 2. The molecular weight excluding hydrogens is 266 g/mol. The molecule has 2 atom stereocenters. The van der Waals surface area contributed by atoms with E-state index in [0.717, 1.165) is 0 Å². The van der Waals surface area contributed by atoms with E-state index in [0.29, 0.717) is 31.8 Å². The third-order valence-electron chi connectivity index (χ3n) is 3.20. The van der Waals surface area contributed by atoms with Crippen LogP contribution in [0.2, 0.25) is 0 Å². The molecule has 0 aromatic rings. The van der Waals surface area contributed by atoms with Gasteiger partial charge in [0, 0.05) is 19.4 Å². The van der Waals surface area contributed by atoms with E-state index in [9.17, 15) is 9.59 Å². The first-order valence-corrected chi connectivity index (χ1v) is 6.67. The molecule has 112 valence electrons. The van der Waals surface area contributed by atoms with Crippen LogP contribution in [0.5, 0.6) is 0 Å². The van der Waals surface area contributed by atoms with Crippen molar-refractivity contribution in [2.24, 2.45) is 5.10 Å².